The molecule has 0 aromatic heterocycles. The fourth-order valence-corrected chi connectivity index (χ4v) is 2.64. The van der Waals surface area contributed by atoms with Gasteiger partial charge in [-0.3, -0.25) is 4.79 Å². The smallest absolute Gasteiger partial charge is 0.253 e. The first-order valence-corrected chi connectivity index (χ1v) is 8.07. The molecule has 1 saturated heterocycles. The van der Waals surface area contributed by atoms with Crippen molar-refractivity contribution in [2.24, 2.45) is 0 Å². The quantitative estimate of drug-likeness (QED) is 0.925. The van der Waals surface area contributed by atoms with Crippen LogP contribution < -0.4 is 5.32 Å². The third-order valence-corrected chi connectivity index (χ3v) is 4.29. The topological polar surface area (TPSA) is 72.5 Å². The number of carbonyl (C=O) groups excluding carboxylic acids is 1. The zero-order chi connectivity index (χ0) is 14.0. The van der Waals surface area contributed by atoms with E-state index in [0.717, 1.165) is 12.7 Å². The fourth-order valence-electron chi connectivity index (χ4n) is 1.83. The maximum absolute atomic E-state index is 11.9. The van der Waals surface area contributed by atoms with Crippen molar-refractivity contribution < 1.29 is 17.9 Å². The molecule has 1 aromatic rings. The number of rotatable bonds is 3. The van der Waals surface area contributed by atoms with Crippen LogP contribution in [0.2, 0.25) is 5.02 Å². The Hall–Kier alpha value is -1.11. The third kappa shape index (κ3) is 3.46. The minimum absolute atomic E-state index is 0.111. The first-order valence-electron chi connectivity index (χ1n) is 5.80. The van der Waals surface area contributed by atoms with Crippen molar-refractivity contribution in [1.29, 1.82) is 0 Å². The Kier molecular flexibility index (Phi) is 4.13. The second-order valence-electron chi connectivity index (χ2n) is 4.40. The maximum Gasteiger partial charge on any atom is 0.253 e. The second-order valence-corrected chi connectivity index (χ2v) is 6.83. The molecule has 0 bridgehead atoms. The third-order valence-electron chi connectivity index (χ3n) is 2.85. The fraction of sp³-hybridized carbons (Fsp3) is 0.417. The number of hydrogen-bond donors (Lipinski definition) is 1. The van der Waals surface area contributed by atoms with Crippen molar-refractivity contribution >= 4 is 33.0 Å². The number of hydrogen-bond acceptors (Lipinski definition) is 4. The molecule has 1 N–H and O–H groups in total. The number of nitrogens with one attached hydrogen (secondary N) is 1. The van der Waals surface area contributed by atoms with Crippen LogP contribution in [0.5, 0.6) is 0 Å². The summed E-state index contributed by atoms with van der Waals surface area (Å²) in [5, 5.41) is 2.89. The number of anilines is 1. The Morgan fingerprint density at radius 2 is 2.21 bits per heavy atom. The maximum atomic E-state index is 11.9. The molecule has 1 aliphatic heterocycles. The number of sulfone groups is 1. The summed E-state index contributed by atoms with van der Waals surface area (Å²) >= 11 is 5.95. The number of carbonyl (C=O) groups is 1. The van der Waals surface area contributed by atoms with Crippen molar-refractivity contribution in [2.45, 2.75) is 23.8 Å². The largest absolute Gasteiger partial charge is 0.368 e. The van der Waals surface area contributed by atoms with Crippen LogP contribution in [-0.4, -0.2) is 33.3 Å². The summed E-state index contributed by atoms with van der Waals surface area (Å²) in [6.45, 7) is 0.565. The summed E-state index contributed by atoms with van der Waals surface area (Å²) in [4.78, 5) is 12.0. The standard InChI is InChI=1S/C12H14ClNO4S/c1-19(16,17)8-4-5-9(13)10(7-8)14-12(15)11-3-2-6-18-11/h4-5,7,11H,2-3,6H2,1H3,(H,14,15)/t11-/m0/s1. The zero-order valence-electron chi connectivity index (χ0n) is 10.3. The zero-order valence-corrected chi connectivity index (χ0v) is 11.9. The molecular formula is C12H14ClNO4S. The molecule has 0 radical (unpaired) electrons. The van der Waals surface area contributed by atoms with Crippen LogP contribution >= 0.6 is 11.6 Å². The monoisotopic (exact) mass is 303 g/mol. The molecule has 0 saturated carbocycles. The van der Waals surface area contributed by atoms with Gasteiger partial charge in [-0.25, -0.2) is 8.42 Å². The highest BCUT2D eigenvalue weighted by atomic mass is 35.5. The van der Waals surface area contributed by atoms with Crippen molar-refractivity contribution in [3.05, 3.63) is 23.2 Å². The van der Waals surface area contributed by atoms with Gasteiger partial charge in [-0.15, -0.1) is 0 Å². The second kappa shape index (κ2) is 5.48. The van der Waals surface area contributed by atoms with Crippen molar-refractivity contribution in [3.63, 3.8) is 0 Å². The predicted molar refractivity (Wildman–Crippen MR) is 72.2 cm³/mol. The molecule has 1 heterocycles. The summed E-state index contributed by atoms with van der Waals surface area (Å²) in [6, 6.07) is 4.20. The normalized spacial score (nSPS) is 19.4. The highest BCUT2D eigenvalue weighted by Gasteiger charge is 2.24. The van der Waals surface area contributed by atoms with E-state index in [0.29, 0.717) is 18.1 Å². The van der Waals surface area contributed by atoms with Gasteiger partial charge in [-0.2, -0.15) is 0 Å². The van der Waals surface area contributed by atoms with E-state index in [1.807, 2.05) is 0 Å². The van der Waals surface area contributed by atoms with Crippen LogP contribution in [0.25, 0.3) is 0 Å². The van der Waals surface area contributed by atoms with Gasteiger partial charge in [0.15, 0.2) is 9.84 Å². The van der Waals surface area contributed by atoms with Crippen LogP contribution in [0.4, 0.5) is 5.69 Å². The average molecular weight is 304 g/mol. The molecule has 1 atom stereocenters. The SMILES string of the molecule is CS(=O)(=O)c1ccc(Cl)c(NC(=O)[C@@H]2CCCO2)c1. The van der Waals surface area contributed by atoms with E-state index in [1.165, 1.54) is 18.2 Å². The minimum atomic E-state index is -3.34. The minimum Gasteiger partial charge on any atom is -0.368 e. The summed E-state index contributed by atoms with van der Waals surface area (Å²) in [5.41, 5.74) is 0.282. The average Bonchev–Trinajstić information content (AvgIpc) is 2.84. The van der Waals surface area contributed by atoms with E-state index in [4.69, 9.17) is 16.3 Å². The summed E-state index contributed by atoms with van der Waals surface area (Å²) in [6.07, 6.45) is 2.12. The van der Waals surface area contributed by atoms with E-state index in [2.05, 4.69) is 5.32 Å². The van der Waals surface area contributed by atoms with Gasteiger partial charge in [0.05, 0.1) is 15.6 Å². The number of benzene rings is 1. The van der Waals surface area contributed by atoms with Crippen LogP contribution in [0.1, 0.15) is 12.8 Å². The van der Waals surface area contributed by atoms with Crippen molar-refractivity contribution in [3.8, 4) is 0 Å². The van der Waals surface area contributed by atoms with Gasteiger partial charge in [-0.1, -0.05) is 11.6 Å². The van der Waals surface area contributed by atoms with E-state index >= 15 is 0 Å². The van der Waals surface area contributed by atoms with Gasteiger partial charge in [-0.05, 0) is 31.0 Å². The van der Waals surface area contributed by atoms with Crippen LogP contribution in [0.3, 0.4) is 0 Å². The number of amides is 1. The Labute approximate surface area is 116 Å². The van der Waals surface area contributed by atoms with Gasteiger partial charge in [0.25, 0.3) is 5.91 Å². The van der Waals surface area contributed by atoms with E-state index < -0.39 is 15.9 Å². The molecule has 1 aliphatic rings. The highest BCUT2D eigenvalue weighted by Crippen LogP contribution is 2.26. The molecule has 19 heavy (non-hydrogen) atoms. The van der Waals surface area contributed by atoms with Gasteiger partial charge in [0.2, 0.25) is 0 Å². The highest BCUT2D eigenvalue weighted by molar-refractivity contribution is 7.90. The molecule has 0 unspecified atom stereocenters. The van der Waals surface area contributed by atoms with Crippen LogP contribution in [0.15, 0.2) is 23.1 Å². The van der Waals surface area contributed by atoms with Gasteiger partial charge < -0.3 is 10.1 Å². The lowest BCUT2D eigenvalue weighted by Crippen LogP contribution is -2.27. The molecule has 2 rings (SSSR count). The van der Waals surface area contributed by atoms with Crippen molar-refractivity contribution in [2.75, 3.05) is 18.2 Å². The summed E-state index contributed by atoms with van der Waals surface area (Å²) in [7, 11) is -3.34. The Morgan fingerprint density at radius 3 is 2.79 bits per heavy atom. The molecule has 0 spiro atoms. The predicted octanol–water partition coefficient (Wildman–Crippen LogP) is 1.86. The lowest BCUT2D eigenvalue weighted by Gasteiger charge is -2.12. The Morgan fingerprint density at radius 1 is 1.47 bits per heavy atom. The van der Waals surface area contributed by atoms with Crippen LogP contribution in [-0.2, 0) is 19.4 Å². The Balaban J connectivity index is 2.22. The Bertz CT molecular complexity index is 594. The van der Waals surface area contributed by atoms with Gasteiger partial charge in [0, 0.05) is 12.9 Å². The summed E-state index contributed by atoms with van der Waals surface area (Å²) < 4.78 is 28.2. The van der Waals surface area contributed by atoms with Gasteiger partial charge >= 0.3 is 0 Å². The molecule has 104 valence electrons. The van der Waals surface area contributed by atoms with Crippen LogP contribution in [0, 0.1) is 0 Å². The van der Waals surface area contributed by atoms with E-state index in [-0.39, 0.29) is 16.5 Å². The number of halogens is 1. The molecule has 1 aromatic carbocycles. The molecule has 5 nitrogen and oxygen atoms in total. The van der Waals surface area contributed by atoms with E-state index in [9.17, 15) is 13.2 Å². The number of ether oxygens (including phenoxy) is 1. The lowest BCUT2D eigenvalue weighted by molar-refractivity contribution is -0.124. The first kappa shape index (κ1) is 14.3. The van der Waals surface area contributed by atoms with E-state index in [1.54, 1.807) is 0 Å². The van der Waals surface area contributed by atoms with Crippen molar-refractivity contribution in [1.82, 2.24) is 0 Å². The summed E-state index contributed by atoms with van der Waals surface area (Å²) in [5.74, 6) is -0.301. The first-order chi connectivity index (χ1) is 8.88. The molecule has 0 aliphatic carbocycles. The molecule has 7 heteroatoms. The molecule has 1 amide bonds. The molecule has 1 fully saturated rings. The van der Waals surface area contributed by atoms with Gasteiger partial charge in [0.1, 0.15) is 6.10 Å². The molecular weight excluding hydrogens is 290 g/mol. The lowest BCUT2D eigenvalue weighted by atomic mass is 10.2.